The first-order valence-corrected chi connectivity index (χ1v) is 8.73. The van der Waals surface area contributed by atoms with Crippen molar-refractivity contribution in [3.8, 4) is 17.6 Å². The highest BCUT2D eigenvalue weighted by Gasteiger charge is 2.43. The van der Waals surface area contributed by atoms with Gasteiger partial charge < -0.3 is 19.9 Å². The van der Waals surface area contributed by atoms with Gasteiger partial charge in [-0.25, -0.2) is 0 Å². The number of fused-ring (bicyclic) bond motifs is 1. The third-order valence-electron chi connectivity index (χ3n) is 5.03. The van der Waals surface area contributed by atoms with Crippen LogP contribution in [0.25, 0.3) is 0 Å². The first-order valence-electron chi connectivity index (χ1n) is 8.73. The molecule has 0 unspecified atom stereocenters. The van der Waals surface area contributed by atoms with E-state index in [1.807, 2.05) is 6.07 Å². The lowest BCUT2D eigenvalue weighted by atomic mass is 9.75. The van der Waals surface area contributed by atoms with Crippen LogP contribution in [0, 0.1) is 11.3 Å². The van der Waals surface area contributed by atoms with Crippen molar-refractivity contribution < 1.29 is 23.8 Å². The van der Waals surface area contributed by atoms with Crippen LogP contribution in [0.4, 0.5) is 0 Å². The van der Waals surface area contributed by atoms with Crippen LogP contribution in [0.5, 0.6) is 11.5 Å². The number of hydrogen-bond donors (Lipinski definition) is 1. The molecule has 0 spiro atoms. The first-order chi connectivity index (χ1) is 14.0. The predicted molar refractivity (Wildman–Crippen MR) is 102 cm³/mol. The molecule has 0 amide bonds. The number of ketones is 2. The summed E-state index contributed by atoms with van der Waals surface area (Å²) < 4.78 is 16.1. The predicted octanol–water partition coefficient (Wildman–Crippen LogP) is 2.84. The van der Waals surface area contributed by atoms with Gasteiger partial charge in [-0.3, -0.25) is 9.59 Å². The van der Waals surface area contributed by atoms with Crippen molar-refractivity contribution >= 4 is 11.6 Å². The smallest absolute Gasteiger partial charge is 0.229 e. The monoisotopic (exact) mass is 388 g/mol. The Kier molecular flexibility index (Phi) is 4.32. The van der Waals surface area contributed by atoms with Gasteiger partial charge in [-0.2, -0.15) is 5.26 Å². The van der Waals surface area contributed by atoms with Gasteiger partial charge >= 0.3 is 0 Å². The number of allylic oxidation sites excluding steroid dienone is 3. The van der Waals surface area contributed by atoms with Crippen molar-refractivity contribution in [2.24, 2.45) is 5.73 Å². The molecule has 0 saturated carbocycles. The van der Waals surface area contributed by atoms with Crippen molar-refractivity contribution in [2.75, 3.05) is 14.2 Å². The van der Waals surface area contributed by atoms with E-state index in [9.17, 15) is 14.9 Å². The second kappa shape index (κ2) is 6.84. The van der Waals surface area contributed by atoms with Crippen LogP contribution < -0.4 is 15.2 Å². The van der Waals surface area contributed by atoms with Gasteiger partial charge in [0.05, 0.1) is 25.7 Å². The molecule has 29 heavy (non-hydrogen) atoms. The minimum Gasteiger partial charge on any atom is -0.493 e. The molecule has 2 aromatic carbocycles. The number of rotatable bonds is 3. The van der Waals surface area contributed by atoms with Crippen LogP contribution in [0.15, 0.2) is 65.3 Å². The van der Waals surface area contributed by atoms with Crippen LogP contribution >= 0.6 is 0 Å². The molecule has 1 atom stereocenters. The van der Waals surface area contributed by atoms with Crippen molar-refractivity contribution in [2.45, 2.75) is 5.92 Å². The number of ether oxygens (including phenoxy) is 3. The Balaban J connectivity index is 1.96. The Morgan fingerprint density at radius 3 is 2.28 bits per heavy atom. The van der Waals surface area contributed by atoms with Gasteiger partial charge in [0.2, 0.25) is 11.7 Å². The lowest BCUT2D eigenvalue weighted by molar-refractivity contribution is 0.0897. The van der Waals surface area contributed by atoms with Gasteiger partial charge in [-0.1, -0.05) is 30.3 Å². The zero-order valence-electron chi connectivity index (χ0n) is 15.7. The number of methoxy groups -OCH3 is 2. The summed E-state index contributed by atoms with van der Waals surface area (Å²) in [5.41, 5.74) is 7.17. The molecule has 0 radical (unpaired) electrons. The molecule has 1 heterocycles. The molecular formula is C22H16N2O5. The standard InChI is InChI=1S/C22H16N2O5/c1-27-15-8-7-11(9-16(15)28-2)17-14(10-23)22(24)29-21-18(17)19(25)12-5-3-4-6-13(12)20(21)26/h3-9,17H,24H2,1-2H3/t17-/m1/s1. The summed E-state index contributed by atoms with van der Waals surface area (Å²) in [7, 11) is 2.99. The number of benzene rings is 2. The maximum atomic E-state index is 13.3. The summed E-state index contributed by atoms with van der Waals surface area (Å²) in [6.07, 6.45) is 0. The van der Waals surface area contributed by atoms with Crippen LogP contribution in [0.3, 0.4) is 0 Å². The molecule has 2 aliphatic rings. The summed E-state index contributed by atoms with van der Waals surface area (Å²) in [6.45, 7) is 0. The van der Waals surface area contributed by atoms with E-state index in [2.05, 4.69) is 0 Å². The average molecular weight is 388 g/mol. The normalized spacial score (nSPS) is 17.9. The number of nitriles is 1. The lowest BCUT2D eigenvalue weighted by Crippen LogP contribution is -2.32. The van der Waals surface area contributed by atoms with Gasteiger partial charge in [0.25, 0.3) is 0 Å². The van der Waals surface area contributed by atoms with Gasteiger partial charge in [-0.05, 0) is 17.7 Å². The quantitative estimate of drug-likeness (QED) is 0.860. The molecule has 0 bridgehead atoms. The Hall–Kier alpha value is -4.05. The highest BCUT2D eigenvalue weighted by molar-refractivity contribution is 6.27. The highest BCUT2D eigenvalue weighted by atomic mass is 16.5. The zero-order chi connectivity index (χ0) is 20.7. The van der Waals surface area contributed by atoms with Crippen LogP contribution in [-0.4, -0.2) is 25.8 Å². The summed E-state index contributed by atoms with van der Waals surface area (Å²) in [5.74, 6) is -1.13. The third kappa shape index (κ3) is 2.65. The Morgan fingerprint density at radius 2 is 1.66 bits per heavy atom. The van der Waals surface area contributed by atoms with Crippen molar-refractivity contribution in [1.29, 1.82) is 5.26 Å². The number of carbonyl (C=O) groups is 2. The number of nitrogens with zero attached hydrogens (tertiary/aromatic N) is 1. The summed E-state index contributed by atoms with van der Waals surface area (Å²) in [4.78, 5) is 26.3. The fourth-order valence-electron chi connectivity index (χ4n) is 3.67. The van der Waals surface area contributed by atoms with Crippen molar-refractivity contribution in [3.63, 3.8) is 0 Å². The highest BCUT2D eigenvalue weighted by Crippen LogP contribution is 2.45. The zero-order valence-corrected chi connectivity index (χ0v) is 15.7. The number of carbonyl (C=O) groups excluding carboxylic acids is 2. The van der Waals surface area contributed by atoms with E-state index in [0.717, 1.165) is 0 Å². The molecular weight excluding hydrogens is 372 g/mol. The molecule has 0 saturated heterocycles. The molecule has 1 aliphatic carbocycles. The van der Waals surface area contributed by atoms with Gasteiger partial charge in [0, 0.05) is 11.1 Å². The molecule has 7 nitrogen and oxygen atoms in total. The minimum atomic E-state index is -0.867. The lowest BCUT2D eigenvalue weighted by Gasteiger charge is -2.31. The van der Waals surface area contributed by atoms with Crippen LogP contribution in [0.1, 0.15) is 32.2 Å². The molecule has 7 heteroatoms. The van der Waals surface area contributed by atoms with E-state index in [4.69, 9.17) is 19.9 Å². The first kappa shape index (κ1) is 18.3. The molecule has 2 aromatic rings. The second-order valence-corrected chi connectivity index (χ2v) is 6.49. The molecule has 0 aromatic heterocycles. The van der Waals surface area contributed by atoms with Crippen molar-refractivity contribution in [1.82, 2.24) is 0 Å². The Morgan fingerprint density at radius 1 is 1.00 bits per heavy atom. The maximum absolute atomic E-state index is 13.3. The maximum Gasteiger partial charge on any atom is 0.229 e. The fraction of sp³-hybridized carbons (Fsp3) is 0.136. The van der Waals surface area contributed by atoms with Crippen LogP contribution in [-0.2, 0) is 4.74 Å². The second-order valence-electron chi connectivity index (χ2n) is 6.49. The Labute approximate surface area is 166 Å². The SMILES string of the molecule is COc1ccc([C@@H]2C(C#N)=C(N)OC3=C2C(=O)c2ccccc2C3=O)cc1OC. The van der Waals surface area contributed by atoms with E-state index in [0.29, 0.717) is 17.1 Å². The summed E-state index contributed by atoms with van der Waals surface area (Å²) >= 11 is 0. The fourth-order valence-corrected chi connectivity index (χ4v) is 3.67. The van der Waals surface area contributed by atoms with E-state index in [1.165, 1.54) is 14.2 Å². The molecule has 2 N–H and O–H groups in total. The van der Waals surface area contributed by atoms with E-state index in [-0.39, 0.29) is 39.7 Å². The molecule has 4 rings (SSSR count). The van der Waals surface area contributed by atoms with Gasteiger partial charge in [-0.15, -0.1) is 0 Å². The van der Waals surface area contributed by atoms with E-state index in [1.54, 1.807) is 42.5 Å². The minimum absolute atomic E-state index is 0.0523. The average Bonchev–Trinajstić information content (AvgIpc) is 2.76. The Bertz CT molecular complexity index is 1170. The van der Waals surface area contributed by atoms with E-state index < -0.39 is 11.7 Å². The largest absolute Gasteiger partial charge is 0.493 e. The summed E-state index contributed by atoms with van der Waals surface area (Å²) in [5, 5.41) is 9.72. The molecule has 0 fully saturated rings. The number of nitrogens with two attached hydrogens (primary N) is 1. The number of Topliss-reactive ketones (excluding diaryl/α,β-unsaturated/α-hetero) is 2. The van der Waals surface area contributed by atoms with Gasteiger partial charge in [0.15, 0.2) is 23.0 Å². The van der Waals surface area contributed by atoms with E-state index >= 15 is 0 Å². The molecule has 144 valence electrons. The topological polar surface area (TPSA) is 112 Å². The van der Waals surface area contributed by atoms with Gasteiger partial charge in [0.1, 0.15) is 11.6 Å². The number of hydrogen-bond acceptors (Lipinski definition) is 7. The van der Waals surface area contributed by atoms with Crippen LogP contribution in [0.2, 0.25) is 0 Å². The molecule has 1 aliphatic heterocycles. The van der Waals surface area contributed by atoms with Crippen molar-refractivity contribution in [3.05, 3.63) is 81.9 Å². The summed E-state index contributed by atoms with van der Waals surface area (Å²) in [6, 6.07) is 13.5. The third-order valence-corrected chi connectivity index (χ3v) is 5.03.